The quantitative estimate of drug-likeness (QED) is 0.0236. The zero-order valence-electron chi connectivity index (χ0n) is 34.9. The minimum Gasteiger partial charge on any atom is -0.462 e. The van der Waals surface area contributed by atoms with Gasteiger partial charge in [0.1, 0.15) is 12.7 Å². The molecule has 1 unspecified atom stereocenters. The first-order valence-electron chi connectivity index (χ1n) is 21.9. The molecule has 0 saturated carbocycles. The molecule has 0 aromatic carbocycles. The Labute approximate surface area is 335 Å². The third-order valence-electron chi connectivity index (χ3n) is 9.27. The van der Waals surface area contributed by atoms with E-state index in [1.807, 2.05) is 0 Å². The van der Waals surface area contributed by atoms with Gasteiger partial charge in [0, 0.05) is 12.8 Å². The minimum atomic E-state index is -4.62. The van der Waals surface area contributed by atoms with E-state index in [2.05, 4.69) is 54.8 Å². The van der Waals surface area contributed by atoms with Crippen LogP contribution >= 0.6 is 7.82 Å². The number of rotatable bonds is 41. The average molecular weight is 801 g/mol. The summed E-state index contributed by atoms with van der Waals surface area (Å²) < 4.78 is 32.7. The van der Waals surface area contributed by atoms with E-state index in [1.165, 1.54) is 103 Å². The van der Waals surface area contributed by atoms with Crippen LogP contribution in [0.15, 0.2) is 36.5 Å². The molecule has 0 aliphatic rings. The lowest BCUT2D eigenvalue weighted by Gasteiger charge is -2.20. The zero-order valence-corrected chi connectivity index (χ0v) is 35.8. The second kappa shape index (κ2) is 40.4. The van der Waals surface area contributed by atoms with Gasteiger partial charge in [-0.1, -0.05) is 147 Å². The molecule has 0 radical (unpaired) electrons. The van der Waals surface area contributed by atoms with Crippen LogP contribution in [0.4, 0.5) is 0 Å². The fourth-order valence-electron chi connectivity index (χ4n) is 5.84. The standard InChI is InChI=1S/C44H81O10P/c1-3-5-7-9-11-13-15-17-19-20-22-23-25-27-29-31-33-35-43(47)51-39-42(40-53-55(49,50)52-38-41(46)37-45)54-44(48)36-34-32-30-28-26-24-21-18-16-14-12-10-8-6-4-2/h11,13,17,19,26,28,41-42,45-46H,3-10,12,14-16,18,20-25,27,29-40H2,1-2H3,(H,49,50)/b13-11+,19-17+,28-26+/t41-,42+/m0/s1. The van der Waals surface area contributed by atoms with E-state index >= 15 is 0 Å². The molecule has 3 atom stereocenters. The number of hydrogen-bond donors (Lipinski definition) is 3. The Balaban J connectivity index is 4.32. The lowest BCUT2D eigenvalue weighted by Crippen LogP contribution is -2.29. The molecule has 0 aliphatic heterocycles. The summed E-state index contributed by atoms with van der Waals surface area (Å²) in [6.07, 6.45) is 41.1. The highest BCUT2D eigenvalue weighted by atomic mass is 31.2. The highest BCUT2D eigenvalue weighted by Crippen LogP contribution is 2.43. The highest BCUT2D eigenvalue weighted by Gasteiger charge is 2.27. The van der Waals surface area contributed by atoms with Crippen LogP contribution in [0, 0.1) is 0 Å². The van der Waals surface area contributed by atoms with Gasteiger partial charge in [-0.2, -0.15) is 0 Å². The Hall–Kier alpha value is -1.81. The van der Waals surface area contributed by atoms with Crippen LogP contribution in [0.5, 0.6) is 0 Å². The number of hydrogen-bond acceptors (Lipinski definition) is 9. The number of unbranched alkanes of at least 4 members (excludes halogenated alkanes) is 21. The number of aliphatic hydroxyl groups excluding tert-OH is 2. The number of aliphatic hydroxyl groups is 2. The number of carbonyl (C=O) groups is 2. The number of phosphoric ester groups is 1. The van der Waals surface area contributed by atoms with Crippen LogP contribution in [-0.4, -0.2) is 65.7 Å². The molecule has 0 aromatic rings. The second-order valence-electron chi connectivity index (χ2n) is 14.7. The molecular formula is C44H81O10P. The Morgan fingerprint density at radius 2 is 0.945 bits per heavy atom. The normalized spacial score (nSPS) is 14.2. The lowest BCUT2D eigenvalue weighted by molar-refractivity contribution is -0.161. The molecule has 0 aliphatic carbocycles. The monoisotopic (exact) mass is 801 g/mol. The van der Waals surface area contributed by atoms with Gasteiger partial charge >= 0.3 is 19.8 Å². The summed E-state index contributed by atoms with van der Waals surface area (Å²) in [5.41, 5.74) is 0. The van der Waals surface area contributed by atoms with E-state index in [-0.39, 0.29) is 19.4 Å². The number of phosphoric acid groups is 1. The molecule has 0 heterocycles. The fourth-order valence-corrected chi connectivity index (χ4v) is 6.63. The van der Waals surface area contributed by atoms with Crippen molar-refractivity contribution in [1.82, 2.24) is 0 Å². The van der Waals surface area contributed by atoms with Crippen molar-refractivity contribution < 1.29 is 47.8 Å². The van der Waals surface area contributed by atoms with Crippen molar-refractivity contribution in [3.8, 4) is 0 Å². The lowest BCUT2D eigenvalue weighted by atomic mass is 10.1. The number of allylic oxidation sites excluding steroid dienone is 6. The van der Waals surface area contributed by atoms with Crippen LogP contribution < -0.4 is 0 Å². The van der Waals surface area contributed by atoms with Gasteiger partial charge in [-0.05, 0) is 70.6 Å². The molecule has 322 valence electrons. The van der Waals surface area contributed by atoms with E-state index in [1.54, 1.807) is 0 Å². The van der Waals surface area contributed by atoms with Crippen molar-refractivity contribution in [3.05, 3.63) is 36.5 Å². The molecule has 0 rings (SSSR count). The van der Waals surface area contributed by atoms with Gasteiger partial charge < -0.3 is 24.6 Å². The molecule has 0 saturated heterocycles. The second-order valence-corrected chi connectivity index (χ2v) is 16.2. The van der Waals surface area contributed by atoms with Crippen molar-refractivity contribution in [2.75, 3.05) is 26.4 Å². The topological polar surface area (TPSA) is 149 Å². The van der Waals surface area contributed by atoms with E-state index in [9.17, 15) is 24.2 Å². The summed E-state index contributed by atoms with van der Waals surface area (Å²) in [5.74, 6) is -0.957. The van der Waals surface area contributed by atoms with Crippen molar-refractivity contribution in [2.24, 2.45) is 0 Å². The molecule has 0 fully saturated rings. The molecule has 11 heteroatoms. The molecule has 10 nitrogen and oxygen atoms in total. The summed E-state index contributed by atoms with van der Waals surface area (Å²) >= 11 is 0. The maximum absolute atomic E-state index is 12.6. The third-order valence-corrected chi connectivity index (χ3v) is 10.2. The van der Waals surface area contributed by atoms with Crippen LogP contribution in [0.1, 0.15) is 194 Å². The van der Waals surface area contributed by atoms with Crippen LogP contribution in [-0.2, 0) is 32.7 Å². The summed E-state index contributed by atoms with van der Waals surface area (Å²) in [6, 6.07) is 0. The molecule has 0 spiro atoms. The predicted octanol–water partition coefficient (Wildman–Crippen LogP) is 11.6. The van der Waals surface area contributed by atoms with Gasteiger partial charge in [0.2, 0.25) is 0 Å². The van der Waals surface area contributed by atoms with E-state index < -0.39 is 51.8 Å². The van der Waals surface area contributed by atoms with Crippen LogP contribution in [0.3, 0.4) is 0 Å². The Bertz CT molecular complexity index is 1010. The molecule has 0 bridgehead atoms. The Kier molecular flexibility index (Phi) is 39.1. The van der Waals surface area contributed by atoms with Gasteiger partial charge in [0.15, 0.2) is 6.10 Å². The average Bonchev–Trinajstić information content (AvgIpc) is 3.17. The molecule has 0 amide bonds. The highest BCUT2D eigenvalue weighted by molar-refractivity contribution is 7.47. The minimum absolute atomic E-state index is 0.153. The van der Waals surface area contributed by atoms with Gasteiger partial charge in [-0.3, -0.25) is 18.6 Å². The number of esters is 2. The van der Waals surface area contributed by atoms with Gasteiger partial charge in [-0.15, -0.1) is 0 Å². The van der Waals surface area contributed by atoms with Crippen LogP contribution in [0.2, 0.25) is 0 Å². The first kappa shape index (κ1) is 53.2. The van der Waals surface area contributed by atoms with E-state index in [4.69, 9.17) is 19.1 Å². The van der Waals surface area contributed by atoms with Crippen molar-refractivity contribution in [3.63, 3.8) is 0 Å². The predicted molar refractivity (Wildman–Crippen MR) is 224 cm³/mol. The largest absolute Gasteiger partial charge is 0.472 e. The maximum atomic E-state index is 12.6. The zero-order chi connectivity index (χ0) is 40.5. The number of carbonyl (C=O) groups excluding carboxylic acids is 2. The summed E-state index contributed by atoms with van der Waals surface area (Å²) in [6.45, 7) is 2.33. The van der Waals surface area contributed by atoms with Gasteiger partial charge in [0.25, 0.3) is 0 Å². The number of ether oxygens (including phenoxy) is 2. The van der Waals surface area contributed by atoms with Gasteiger partial charge in [0.05, 0.1) is 19.8 Å². The first-order chi connectivity index (χ1) is 26.7. The fraction of sp³-hybridized carbons (Fsp3) is 0.818. The maximum Gasteiger partial charge on any atom is 0.472 e. The van der Waals surface area contributed by atoms with E-state index in [0.29, 0.717) is 12.8 Å². The molecule has 0 aromatic heterocycles. The van der Waals surface area contributed by atoms with Crippen molar-refractivity contribution >= 4 is 19.8 Å². The Morgan fingerprint density at radius 1 is 0.545 bits per heavy atom. The van der Waals surface area contributed by atoms with Crippen LogP contribution in [0.25, 0.3) is 0 Å². The van der Waals surface area contributed by atoms with E-state index in [0.717, 1.165) is 51.4 Å². The third kappa shape index (κ3) is 40.2. The SMILES string of the molecule is CCCCC/C=C/C/C=C/CCCCCCCCCC(=O)OC[C@H](COP(=O)(O)OC[C@@H](O)CO)OC(=O)CCCC/C=C/CCCCCCCCCCC. The smallest absolute Gasteiger partial charge is 0.462 e. The van der Waals surface area contributed by atoms with Crippen molar-refractivity contribution in [2.45, 2.75) is 206 Å². The first-order valence-corrected chi connectivity index (χ1v) is 23.4. The summed E-state index contributed by atoms with van der Waals surface area (Å²) in [5, 5.41) is 18.3. The molecule has 55 heavy (non-hydrogen) atoms. The molecule has 3 N–H and O–H groups in total. The summed E-state index contributed by atoms with van der Waals surface area (Å²) in [7, 11) is -4.62. The van der Waals surface area contributed by atoms with Crippen molar-refractivity contribution in [1.29, 1.82) is 0 Å². The summed E-state index contributed by atoms with van der Waals surface area (Å²) in [4.78, 5) is 35.0. The molecular weight excluding hydrogens is 719 g/mol. The van der Waals surface area contributed by atoms with Gasteiger partial charge in [-0.25, -0.2) is 4.57 Å². The Morgan fingerprint density at radius 3 is 1.49 bits per heavy atom.